The molecule has 0 bridgehead atoms. The zero-order valence-corrected chi connectivity index (χ0v) is 14.8. The quantitative estimate of drug-likeness (QED) is 0.440. The van der Waals surface area contributed by atoms with Crippen molar-refractivity contribution < 1.29 is 52.4 Å². The van der Waals surface area contributed by atoms with E-state index in [1.54, 1.807) is 30.2 Å². The summed E-state index contributed by atoms with van der Waals surface area (Å²) >= 11 is 0. The fourth-order valence-corrected chi connectivity index (χ4v) is 2.34. The van der Waals surface area contributed by atoms with Crippen molar-refractivity contribution in [3.05, 3.63) is 24.3 Å². The first kappa shape index (κ1) is 19.7. The van der Waals surface area contributed by atoms with Crippen molar-refractivity contribution in [2.45, 2.75) is 13.0 Å². The molecule has 0 heterocycles. The van der Waals surface area contributed by atoms with Gasteiger partial charge >= 0.3 is 29.6 Å². The van der Waals surface area contributed by atoms with Gasteiger partial charge in [0.05, 0.1) is 29.1 Å². The second kappa shape index (κ2) is 8.86. The Kier molecular flexibility index (Phi) is 8.72. The molecule has 1 rings (SSSR count). The summed E-state index contributed by atoms with van der Waals surface area (Å²) in [5.41, 5.74) is 0.796. The maximum atomic E-state index is 10.6. The molecule has 0 aromatic heterocycles. The number of methoxy groups -OCH3 is 1. The van der Waals surface area contributed by atoms with Crippen LogP contribution in [0.15, 0.2) is 24.3 Å². The van der Waals surface area contributed by atoms with Crippen LogP contribution >= 0.6 is 0 Å². The molecule has 0 saturated carbocycles. The first-order valence-electron chi connectivity index (χ1n) is 5.86. The Bertz CT molecular complexity index is 508. The van der Waals surface area contributed by atoms with E-state index in [0.717, 1.165) is 5.69 Å². The molecule has 0 fully saturated rings. The summed E-state index contributed by atoms with van der Waals surface area (Å²) in [5.74, 6) is -0.116. The van der Waals surface area contributed by atoms with Crippen molar-refractivity contribution in [1.82, 2.24) is 0 Å². The van der Waals surface area contributed by atoms with Crippen molar-refractivity contribution in [2.75, 3.05) is 30.9 Å². The topological polar surface area (TPSA) is 89.9 Å². The fraction of sp³-hybridized carbons (Fsp3) is 0.500. The smallest absolute Gasteiger partial charge is 0.748 e. The van der Waals surface area contributed by atoms with Gasteiger partial charge in [0.25, 0.3) is 0 Å². The predicted molar refractivity (Wildman–Crippen MR) is 71.5 cm³/mol. The second-order valence-electron chi connectivity index (χ2n) is 4.12. The number of aliphatic hydroxyl groups excluding tert-OH is 1. The molecule has 1 atom stereocenters. The van der Waals surface area contributed by atoms with Crippen LogP contribution in [0.4, 0.5) is 5.69 Å². The third-order valence-corrected chi connectivity index (χ3v) is 3.42. The van der Waals surface area contributed by atoms with Gasteiger partial charge in [0.15, 0.2) is 0 Å². The minimum absolute atomic E-state index is 0. The Balaban J connectivity index is 0.00000361. The van der Waals surface area contributed by atoms with Gasteiger partial charge in [0, 0.05) is 24.8 Å². The van der Waals surface area contributed by atoms with Gasteiger partial charge in [-0.2, -0.15) is 0 Å². The van der Waals surface area contributed by atoms with Crippen molar-refractivity contribution in [2.24, 2.45) is 0 Å². The van der Waals surface area contributed by atoms with Crippen molar-refractivity contribution in [1.29, 1.82) is 0 Å². The molecule has 0 radical (unpaired) electrons. The number of ether oxygens (including phenoxy) is 1. The van der Waals surface area contributed by atoms with E-state index in [-0.39, 0.29) is 36.1 Å². The van der Waals surface area contributed by atoms with Gasteiger partial charge in [-0.15, -0.1) is 0 Å². The van der Waals surface area contributed by atoms with Crippen LogP contribution in [0.5, 0.6) is 5.75 Å². The summed E-state index contributed by atoms with van der Waals surface area (Å²) in [6.07, 6.45) is -1.21. The minimum Gasteiger partial charge on any atom is -0.748 e. The van der Waals surface area contributed by atoms with Crippen LogP contribution in [0.2, 0.25) is 0 Å². The van der Waals surface area contributed by atoms with Gasteiger partial charge in [-0.3, -0.25) is 0 Å². The van der Waals surface area contributed by atoms with Crippen LogP contribution in [0.1, 0.15) is 6.92 Å². The zero-order chi connectivity index (χ0) is 14.5. The predicted octanol–water partition coefficient (Wildman–Crippen LogP) is -2.57. The molecule has 1 N–H and O–H groups in total. The number of rotatable bonds is 7. The molecule has 0 saturated heterocycles. The Morgan fingerprint density at radius 2 is 2.10 bits per heavy atom. The van der Waals surface area contributed by atoms with E-state index in [4.69, 9.17) is 4.74 Å². The van der Waals surface area contributed by atoms with Crippen LogP contribution in [-0.2, 0) is 10.1 Å². The summed E-state index contributed by atoms with van der Waals surface area (Å²) in [4.78, 5) is 1.78. The molecular weight excluding hydrogens is 293 g/mol. The van der Waals surface area contributed by atoms with E-state index in [9.17, 15) is 18.1 Å². The molecule has 0 spiro atoms. The van der Waals surface area contributed by atoms with Crippen molar-refractivity contribution >= 4 is 15.8 Å². The Hall–Kier alpha value is -0.310. The number of benzene rings is 1. The molecule has 0 aliphatic heterocycles. The van der Waals surface area contributed by atoms with Gasteiger partial charge in [0.2, 0.25) is 0 Å². The Morgan fingerprint density at radius 3 is 2.60 bits per heavy atom. The standard InChI is InChI=1S/C12H19NO5S.Na/c1-3-13(8-11(14)9-19(15,16)17)10-5-4-6-12(7-10)18-2;/h4-7,11,14H,3,8-9H2,1-2H3,(H,15,16,17);/q;+1/p-1. The van der Waals surface area contributed by atoms with E-state index in [0.29, 0.717) is 12.3 Å². The molecule has 8 heteroatoms. The maximum absolute atomic E-state index is 10.6. The molecule has 1 aromatic carbocycles. The molecule has 6 nitrogen and oxygen atoms in total. The van der Waals surface area contributed by atoms with E-state index in [1.165, 1.54) is 0 Å². The SMILES string of the molecule is CCN(CC(O)CS(=O)(=O)[O-])c1cccc(OC)c1.[Na+]. The summed E-state index contributed by atoms with van der Waals surface area (Å²) in [5, 5.41) is 9.62. The Morgan fingerprint density at radius 1 is 1.45 bits per heavy atom. The number of likely N-dealkylation sites (N-methyl/N-ethyl adjacent to an activating group) is 1. The van der Waals surface area contributed by atoms with Gasteiger partial charge in [-0.05, 0) is 19.1 Å². The van der Waals surface area contributed by atoms with Crippen LogP contribution < -0.4 is 39.2 Å². The molecule has 0 aliphatic rings. The number of aliphatic hydroxyl groups is 1. The van der Waals surface area contributed by atoms with E-state index >= 15 is 0 Å². The fourth-order valence-electron chi connectivity index (χ4n) is 1.77. The summed E-state index contributed by atoms with van der Waals surface area (Å²) in [6, 6.07) is 7.19. The number of hydrogen-bond acceptors (Lipinski definition) is 6. The van der Waals surface area contributed by atoms with E-state index in [2.05, 4.69) is 0 Å². The van der Waals surface area contributed by atoms with Crippen molar-refractivity contribution in [3.8, 4) is 5.75 Å². The molecule has 0 aliphatic carbocycles. The van der Waals surface area contributed by atoms with Crippen molar-refractivity contribution in [3.63, 3.8) is 0 Å². The molecular formula is C12H18NNaO5S. The third-order valence-electron chi connectivity index (χ3n) is 2.63. The number of hydrogen-bond donors (Lipinski definition) is 1. The first-order valence-corrected chi connectivity index (χ1v) is 7.44. The minimum atomic E-state index is -4.42. The van der Waals surface area contributed by atoms with Crippen LogP contribution in [0.3, 0.4) is 0 Å². The Labute approximate surface area is 141 Å². The number of nitrogens with zero attached hydrogens (tertiary/aromatic N) is 1. The van der Waals surface area contributed by atoms with E-state index < -0.39 is 22.0 Å². The van der Waals surface area contributed by atoms with Gasteiger partial charge in [-0.25, -0.2) is 8.42 Å². The molecule has 1 aromatic rings. The molecule has 108 valence electrons. The molecule has 20 heavy (non-hydrogen) atoms. The van der Waals surface area contributed by atoms with Crippen LogP contribution in [0.25, 0.3) is 0 Å². The summed E-state index contributed by atoms with van der Waals surface area (Å²) in [7, 11) is -2.87. The van der Waals surface area contributed by atoms with Gasteiger partial charge in [0.1, 0.15) is 5.75 Å². The van der Waals surface area contributed by atoms with Gasteiger partial charge in [-0.1, -0.05) is 6.07 Å². The largest absolute Gasteiger partial charge is 1.00 e. The summed E-state index contributed by atoms with van der Waals surface area (Å²) < 4.78 is 36.9. The zero-order valence-electron chi connectivity index (χ0n) is 11.9. The normalized spacial score (nSPS) is 12.4. The van der Waals surface area contributed by atoms with Crippen LogP contribution in [0, 0.1) is 0 Å². The molecule has 1 unspecified atom stereocenters. The third kappa shape index (κ3) is 6.92. The van der Waals surface area contributed by atoms with E-state index in [1.807, 2.05) is 13.0 Å². The second-order valence-corrected chi connectivity index (χ2v) is 5.57. The molecule has 0 amide bonds. The maximum Gasteiger partial charge on any atom is 1.00 e. The number of anilines is 1. The average molecular weight is 311 g/mol. The first-order chi connectivity index (χ1) is 8.85. The summed E-state index contributed by atoms with van der Waals surface area (Å²) in [6.45, 7) is 2.52. The van der Waals surface area contributed by atoms with Gasteiger partial charge < -0.3 is 19.3 Å². The average Bonchev–Trinajstić information content (AvgIpc) is 2.34. The van der Waals surface area contributed by atoms with Crippen LogP contribution in [-0.4, -0.2) is 50.1 Å². The monoisotopic (exact) mass is 311 g/mol.